The summed E-state index contributed by atoms with van der Waals surface area (Å²) in [4.78, 5) is 6.77. The lowest BCUT2D eigenvalue weighted by Gasteiger charge is -2.33. The van der Waals surface area contributed by atoms with Crippen molar-refractivity contribution in [3.05, 3.63) is 24.4 Å². The van der Waals surface area contributed by atoms with Crippen LogP contribution in [0.2, 0.25) is 0 Å². The fourth-order valence-corrected chi connectivity index (χ4v) is 2.20. The molecule has 0 unspecified atom stereocenters. The van der Waals surface area contributed by atoms with Gasteiger partial charge in [0.1, 0.15) is 5.82 Å². The predicted molar refractivity (Wildman–Crippen MR) is 67.8 cm³/mol. The first-order chi connectivity index (χ1) is 7.90. The van der Waals surface area contributed by atoms with Crippen LogP contribution in [0.15, 0.2) is 24.4 Å². The van der Waals surface area contributed by atoms with Crippen molar-refractivity contribution in [1.29, 1.82) is 0 Å². The molecular formula is C13H21N3. The minimum Gasteiger partial charge on any atom is -0.357 e. The number of aromatic nitrogens is 1. The Bertz CT molecular complexity index is 291. The molecular weight excluding hydrogens is 198 g/mol. The first-order valence-corrected chi connectivity index (χ1v) is 6.29. The van der Waals surface area contributed by atoms with E-state index in [0.717, 1.165) is 25.5 Å². The summed E-state index contributed by atoms with van der Waals surface area (Å²) in [6.45, 7) is 5.61. The highest BCUT2D eigenvalue weighted by atomic mass is 15.2. The highest BCUT2D eigenvalue weighted by molar-refractivity contribution is 5.38. The maximum atomic E-state index is 4.40. The van der Waals surface area contributed by atoms with Crippen LogP contribution in [-0.4, -0.2) is 30.7 Å². The Labute approximate surface area is 97.9 Å². The van der Waals surface area contributed by atoms with Gasteiger partial charge in [-0.15, -0.1) is 0 Å². The molecule has 0 aromatic carbocycles. The van der Waals surface area contributed by atoms with E-state index in [2.05, 4.69) is 34.3 Å². The van der Waals surface area contributed by atoms with Gasteiger partial charge in [0.05, 0.1) is 0 Å². The Kier molecular flexibility index (Phi) is 4.17. The molecule has 1 N–H and O–H groups in total. The molecule has 3 nitrogen and oxygen atoms in total. The molecule has 2 rings (SSSR count). The minimum atomic E-state index is 0.708. The molecule has 1 fully saturated rings. The number of piperidine rings is 1. The molecule has 1 aliphatic rings. The van der Waals surface area contributed by atoms with E-state index in [1.54, 1.807) is 0 Å². The third-order valence-electron chi connectivity index (χ3n) is 3.15. The molecule has 88 valence electrons. The Balaban J connectivity index is 1.81. The third kappa shape index (κ3) is 2.95. The molecule has 3 heteroatoms. The van der Waals surface area contributed by atoms with E-state index in [4.69, 9.17) is 0 Å². The second-order valence-electron chi connectivity index (χ2n) is 4.40. The number of rotatable bonds is 4. The van der Waals surface area contributed by atoms with Crippen LogP contribution in [0.1, 0.15) is 26.2 Å². The number of hydrogen-bond donors (Lipinski definition) is 1. The lowest BCUT2D eigenvalue weighted by molar-refractivity contribution is 0.414. The predicted octanol–water partition coefficient (Wildman–Crippen LogP) is 2.05. The first-order valence-electron chi connectivity index (χ1n) is 6.29. The molecule has 0 aliphatic carbocycles. The van der Waals surface area contributed by atoms with E-state index in [1.165, 1.54) is 19.3 Å². The summed E-state index contributed by atoms with van der Waals surface area (Å²) in [5, 5.41) is 3.60. The lowest BCUT2D eigenvalue weighted by Crippen LogP contribution is -2.43. The minimum absolute atomic E-state index is 0.708. The summed E-state index contributed by atoms with van der Waals surface area (Å²) >= 11 is 0. The second-order valence-corrected chi connectivity index (χ2v) is 4.40. The van der Waals surface area contributed by atoms with Crippen LogP contribution in [0.25, 0.3) is 0 Å². The van der Waals surface area contributed by atoms with Gasteiger partial charge < -0.3 is 10.2 Å². The first kappa shape index (κ1) is 11.4. The number of nitrogens with zero attached hydrogens (tertiary/aromatic N) is 2. The number of hydrogen-bond acceptors (Lipinski definition) is 3. The fourth-order valence-electron chi connectivity index (χ4n) is 2.20. The number of nitrogens with one attached hydrogen (secondary N) is 1. The van der Waals surface area contributed by atoms with Gasteiger partial charge in [0, 0.05) is 25.3 Å². The number of pyridine rings is 1. The average Bonchev–Trinajstić information content (AvgIpc) is 2.38. The van der Waals surface area contributed by atoms with Crippen LogP contribution >= 0.6 is 0 Å². The van der Waals surface area contributed by atoms with Crippen molar-refractivity contribution in [2.24, 2.45) is 0 Å². The molecule has 0 saturated carbocycles. The molecule has 2 heterocycles. The van der Waals surface area contributed by atoms with Crippen LogP contribution in [0.3, 0.4) is 0 Å². The van der Waals surface area contributed by atoms with Gasteiger partial charge in [-0.25, -0.2) is 4.98 Å². The quantitative estimate of drug-likeness (QED) is 0.840. The zero-order valence-electron chi connectivity index (χ0n) is 10.0. The Hall–Kier alpha value is -1.09. The molecule has 1 saturated heterocycles. The van der Waals surface area contributed by atoms with E-state index in [-0.39, 0.29) is 0 Å². The van der Waals surface area contributed by atoms with Crippen molar-refractivity contribution in [2.45, 2.75) is 32.2 Å². The molecule has 1 aromatic heterocycles. The molecule has 0 atom stereocenters. The Morgan fingerprint density at radius 1 is 1.38 bits per heavy atom. The largest absolute Gasteiger partial charge is 0.357 e. The summed E-state index contributed by atoms with van der Waals surface area (Å²) < 4.78 is 0. The van der Waals surface area contributed by atoms with Crippen molar-refractivity contribution in [3.63, 3.8) is 0 Å². The van der Waals surface area contributed by atoms with Crippen molar-refractivity contribution in [2.75, 3.05) is 24.5 Å². The summed E-state index contributed by atoms with van der Waals surface area (Å²) in [5.74, 6) is 1.12. The zero-order chi connectivity index (χ0) is 11.2. The van der Waals surface area contributed by atoms with Crippen molar-refractivity contribution >= 4 is 5.82 Å². The molecule has 0 spiro atoms. The topological polar surface area (TPSA) is 28.2 Å². The molecule has 1 aromatic rings. The molecule has 1 aliphatic heterocycles. The molecule has 0 bridgehead atoms. The maximum Gasteiger partial charge on any atom is 0.128 e. The molecule has 16 heavy (non-hydrogen) atoms. The van der Waals surface area contributed by atoms with Crippen molar-refractivity contribution in [1.82, 2.24) is 10.3 Å². The highest BCUT2D eigenvalue weighted by Gasteiger charge is 2.18. The van der Waals surface area contributed by atoms with Crippen LogP contribution in [0.4, 0.5) is 5.82 Å². The van der Waals surface area contributed by atoms with Gasteiger partial charge in [-0.05, 0) is 37.9 Å². The summed E-state index contributed by atoms with van der Waals surface area (Å²) in [7, 11) is 0. The Morgan fingerprint density at radius 3 is 2.81 bits per heavy atom. The summed E-state index contributed by atoms with van der Waals surface area (Å²) in [6.07, 6.45) is 5.56. The van der Waals surface area contributed by atoms with Crippen LogP contribution in [0.5, 0.6) is 0 Å². The van der Waals surface area contributed by atoms with Gasteiger partial charge >= 0.3 is 0 Å². The number of anilines is 1. The van der Waals surface area contributed by atoms with Gasteiger partial charge in [-0.2, -0.15) is 0 Å². The average molecular weight is 219 g/mol. The highest BCUT2D eigenvalue weighted by Crippen LogP contribution is 2.16. The monoisotopic (exact) mass is 219 g/mol. The van der Waals surface area contributed by atoms with Gasteiger partial charge in [-0.3, -0.25) is 0 Å². The molecule has 0 amide bonds. The van der Waals surface area contributed by atoms with Crippen molar-refractivity contribution in [3.8, 4) is 0 Å². The SMILES string of the molecule is CCCNC1CCN(c2ccccn2)CC1. The zero-order valence-corrected chi connectivity index (χ0v) is 10.0. The van der Waals surface area contributed by atoms with E-state index in [1.807, 2.05) is 12.3 Å². The van der Waals surface area contributed by atoms with Crippen molar-refractivity contribution < 1.29 is 0 Å². The van der Waals surface area contributed by atoms with E-state index in [0.29, 0.717) is 6.04 Å². The van der Waals surface area contributed by atoms with E-state index in [9.17, 15) is 0 Å². The van der Waals surface area contributed by atoms with Crippen LogP contribution in [0, 0.1) is 0 Å². The maximum absolute atomic E-state index is 4.40. The lowest BCUT2D eigenvalue weighted by atomic mass is 10.0. The fraction of sp³-hybridized carbons (Fsp3) is 0.615. The summed E-state index contributed by atoms with van der Waals surface area (Å²) in [5.41, 5.74) is 0. The van der Waals surface area contributed by atoms with Gasteiger partial charge in [0.25, 0.3) is 0 Å². The van der Waals surface area contributed by atoms with E-state index >= 15 is 0 Å². The summed E-state index contributed by atoms with van der Waals surface area (Å²) in [6, 6.07) is 6.84. The van der Waals surface area contributed by atoms with Gasteiger partial charge in [-0.1, -0.05) is 13.0 Å². The normalized spacial score (nSPS) is 17.7. The van der Waals surface area contributed by atoms with Crippen LogP contribution in [-0.2, 0) is 0 Å². The molecule has 0 radical (unpaired) electrons. The third-order valence-corrected chi connectivity index (χ3v) is 3.15. The standard InChI is InChI=1S/C13H21N3/c1-2-8-14-12-6-10-16(11-7-12)13-5-3-4-9-15-13/h3-5,9,12,14H,2,6-8,10-11H2,1H3. The Morgan fingerprint density at radius 2 is 2.19 bits per heavy atom. The van der Waals surface area contributed by atoms with E-state index < -0.39 is 0 Å². The van der Waals surface area contributed by atoms with Gasteiger partial charge in [0.2, 0.25) is 0 Å². The smallest absolute Gasteiger partial charge is 0.128 e. The second kappa shape index (κ2) is 5.85. The van der Waals surface area contributed by atoms with Crippen LogP contribution < -0.4 is 10.2 Å². The van der Waals surface area contributed by atoms with Gasteiger partial charge in [0.15, 0.2) is 0 Å².